The fourth-order valence-corrected chi connectivity index (χ4v) is 2.28. The van der Waals surface area contributed by atoms with Crippen molar-refractivity contribution in [2.45, 2.75) is 38.1 Å². The van der Waals surface area contributed by atoms with Crippen molar-refractivity contribution in [1.82, 2.24) is 10.3 Å². The van der Waals surface area contributed by atoms with Gasteiger partial charge in [-0.1, -0.05) is 0 Å². The summed E-state index contributed by atoms with van der Waals surface area (Å²) in [5, 5.41) is 11.6. The molecule has 0 spiro atoms. The van der Waals surface area contributed by atoms with Crippen LogP contribution >= 0.6 is 0 Å². The Labute approximate surface area is 110 Å². The lowest BCUT2D eigenvalue weighted by Crippen LogP contribution is -2.54. The lowest BCUT2D eigenvalue weighted by Gasteiger charge is -2.41. The molecule has 1 aliphatic carbocycles. The van der Waals surface area contributed by atoms with Crippen molar-refractivity contribution in [3.8, 4) is 0 Å². The fourth-order valence-electron chi connectivity index (χ4n) is 2.28. The molecule has 0 aromatic carbocycles. The van der Waals surface area contributed by atoms with Gasteiger partial charge in [0.15, 0.2) is 5.78 Å². The molecule has 1 heterocycles. The minimum absolute atomic E-state index is 0.0704. The minimum Gasteiger partial charge on any atom is -0.481 e. The van der Waals surface area contributed by atoms with Crippen LogP contribution in [-0.2, 0) is 4.79 Å². The predicted octanol–water partition coefficient (Wildman–Crippen LogP) is 1.34. The predicted molar refractivity (Wildman–Crippen MR) is 67.1 cm³/mol. The number of carboxylic acid groups (broad SMARTS) is 1. The maximum atomic E-state index is 12.0. The first-order valence-electron chi connectivity index (χ1n) is 6.15. The highest BCUT2D eigenvalue weighted by molar-refractivity contribution is 5.99. The van der Waals surface area contributed by atoms with Crippen LogP contribution in [-0.4, -0.2) is 33.3 Å². The van der Waals surface area contributed by atoms with Crippen LogP contribution in [0.1, 0.15) is 53.5 Å². The molecule has 1 saturated carbocycles. The number of Topliss-reactive ketones (excluding diaryl/α,β-unsaturated/α-hetero) is 1. The van der Waals surface area contributed by atoms with E-state index in [1.807, 2.05) is 0 Å². The van der Waals surface area contributed by atoms with Gasteiger partial charge in [0.05, 0.1) is 12.0 Å². The van der Waals surface area contributed by atoms with Gasteiger partial charge < -0.3 is 15.4 Å². The number of ketones is 1. The SMILES string of the molecule is CC(=O)c1c[nH]c(C(=O)NC2(CC(=O)O)CCC2)c1. The van der Waals surface area contributed by atoms with Gasteiger partial charge in [-0.05, 0) is 32.3 Å². The lowest BCUT2D eigenvalue weighted by atomic mass is 9.74. The maximum absolute atomic E-state index is 12.0. The molecule has 1 aliphatic rings. The number of hydrogen-bond donors (Lipinski definition) is 3. The van der Waals surface area contributed by atoms with Gasteiger partial charge >= 0.3 is 5.97 Å². The first-order chi connectivity index (χ1) is 8.92. The molecule has 6 nitrogen and oxygen atoms in total. The Morgan fingerprint density at radius 3 is 2.53 bits per heavy atom. The van der Waals surface area contributed by atoms with Gasteiger partial charge in [-0.3, -0.25) is 14.4 Å². The summed E-state index contributed by atoms with van der Waals surface area (Å²) < 4.78 is 0. The quantitative estimate of drug-likeness (QED) is 0.699. The van der Waals surface area contributed by atoms with Gasteiger partial charge in [0.25, 0.3) is 5.91 Å². The highest BCUT2D eigenvalue weighted by Crippen LogP contribution is 2.35. The Balaban J connectivity index is 2.07. The van der Waals surface area contributed by atoms with Gasteiger partial charge in [0, 0.05) is 11.8 Å². The number of carbonyl (C=O) groups is 3. The van der Waals surface area contributed by atoms with E-state index in [4.69, 9.17) is 5.11 Å². The van der Waals surface area contributed by atoms with E-state index in [1.165, 1.54) is 19.2 Å². The second-order valence-corrected chi connectivity index (χ2v) is 5.02. The molecule has 1 amide bonds. The van der Waals surface area contributed by atoms with Crippen LogP contribution in [0.25, 0.3) is 0 Å². The highest BCUT2D eigenvalue weighted by atomic mass is 16.4. The molecule has 0 radical (unpaired) electrons. The van der Waals surface area contributed by atoms with Gasteiger partial charge in [-0.25, -0.2) is 0 Å². The molecule has 1 fully saturated rings. The van der Waals surface area contributed by atoms with Crippen molar-refractivity contribution < 1.29 is 19.5 Å². The van der Waals surface area contributed by atoms with E-state index in [1.54, 1.807) is 0 Å². The van der Waals surface area contributed by atoms with E-state index >= 15 is 0 Å². The van der Waals surface area contributed by atoms with E-state index in [0.29, 0.717) is 18.4 Å². The number of aliphatic carboxylic acids is 1. The van der Waals surface area contributed by atoms with Crippen LogP contribution in [0.15, 0.2) is 12.3 Å². The van der Waals surface area contributed by atoms with Crippen LogP contribution in [0.2, 0.25) is 0 Å². The smallest absolute Gasteiger partial charge is 0.305 e. The summed E-state index contributed by atoms with van der Waals surface area (Å²) in [6, 6.07) is 1.48. The molecular weight excluding hydrogens is 248 g/mol. The van der Waals surface area contributed by atoms with E-state index in [-0.39, 0.29) is 23.8 Å². The van der Waals surface area contributed by atoms with Crippen LogP contribution in [0.4, 0.5) is 0 Å². The molecule has 3 N–H and O–H groups in total. The normalized spacial score (nSPS) is 16.5. The molecule has 6 heteroatoms. The highest BCUT2D eigenvalue weighted by Gasteiger charge is 2.40. The van der Waals surface area contributed by atoms with Crippen LogP contribution in [0.5, 0.6) is 0 Å². The lowest BCUT2D eigenvalue weighted by molar-refractivity contribution is -0.139. The molecule has 1 aromatic rings. The average Bonchev–Trinajstić information content (AvgIpc) is 2.74. The van der Waals surface area contributed by atoms with Crippen LogP contribution in [0.3, 0.4) is 0 Å². The van der Waals surface area contributed by atoms with Gasteiger partial charge in [-0.2, -0.15) is 0 Å². The standard InChI is InChI=1S/C13H16N2O4/c1-8(16)9-5-10(14-7-9)12(19)15-13(3-2-4-13)6-11(17)18/h5,7,14H,2-4,6H2,1H3,(H,15,19)(H,17,18). The Bertz CT molecular complexity index is 529. The molecule has 2 rings (SSSR count). The zero-order valence-corrected chi connectivity index (χ0v) is 10.7. The number of nitrogens with one attached hydrogen (secondary N) is 2. The first kappa shape index (κ1) is 13.3. The third-order valence-electron chi connectivity index (χ3n) is 3.51. The van der Waals surface area contributed by atoms with Crippen molar-refractivity contribution in [1.29, 1.82) is 0 Å². The third kappa shape index (κ3) is 2.83. The number of amides is 1. The number of hydrogen-bond acceptors (Lipinski definition) is 3. The minimum atomic E-state index is -0.920. The Morgan fingerprint density at radius 2 is 2.11 bits per heavy atom. The summed E-state index contributed by atoms with van der Waals surface area (Å²) in [4.78, 5) is 36.7. The van der Waals surface area contributed by atoms with Gasteiger partial charge in [0.2, 0.25) is 0 Å². The number of carboxylic acids is 1. The molecule has 1 aromatic heterocycles. The van der Waals surface area contributed by atoms with Crippen LogP contribution in [0, 0.1) is 0 Å². The summed E-state index contributed by atoms with van der Waals surface area (Å²) in [7, 11) is 0. The number of carbonyl (C=O) groups excluding carboxylic acids is 2. The van der Waals surface area contributed by atoms with E-state index in [0.717, 1.165) is 6.42 Å². The monoisotopic (exact) mass is 264 g/mol. The summed E-state index contributed by atoms with van der Waals surface area (Å²) in [6.45, 7) is 1.42. The molecule has 0 unspecified atom stereocenters. The topological polar surface area (TPSA) is 99.3 Å². The second kappa shape index (κ2) is 4.87. The first-order valence-corrected chi connectivity index (χ1v) is 6.15. The van der Waals surface area contributed by atoms with Gasteiger partial charge in [0.1, 0.15) is 5.69 Å². The summed E-state index contributed by atoms with van der Waals surface area (Å²) in [6.07, 6.45) is 3.66. The zero-order valence-electron chi connectivity index (χ0n) is 10.7. The Kier molecular flexibility index (Phi) is 3.42. The molecule has 0 atom stereocenters. The molecule has 19 heavy (non-hydrogen) atoms. The van der Waals surface area contributed by atoms with Gasteiger partial charge in [-0.15, -0.1) is 0 Å². The van der Waals surface area contributed by atoms with E-state index < -0.39 is 11.5 Å². The number of H-pyrrole nitrogens is 1. The molecule has 0 aliphatic heterocycles. The molecule has 0 saturated heterocycles. The third-order valence-corrected chi connectivity index (χ3v) is 3.51. The Morgan fingerprint density at radius 1 is 1.42 bits per heavy atom. The maximum Gasteiger partial charge on any atom is 0.305 e. The summed E-state index contributed by atoms with van der Waals surface area (Å²) in [5.74, 6) is -1.41. The Hall–Kier alpha value is -2.11. The van der Waals surface area contributed by atoms with E-state index in [9.17, 15) is 14.4 Å². The molecule has 102 valence electrons. The van der Waals surface area contributed by atoms with Crippen molar-refractivity contribution >= 4 is 17.7 Å². The van der Waals surface area contributed by atoms with Crippen molar-refractivity contribution in [2.75, 3.05) is 0 Å². The van der Waals surface area contributed by atoms with Crippen molar-refractivity contribution in [3.05, 3.63) is 23.5 Å². The number of aromatic nitrogens is 1. The zero-order chi connectivity index (χ0) is 14.0. The second-order valence-electron chi connectivity index (χ2n) is 5.02. The average molecular weight is 264 g/mol. The van der Waals surface area contributed by atoms with Crippen LogP contribution < -0.4 is 5.32 Å². The molecular formula is C13H16N2O4. The largest absolute Gasteiger partial charge is 0.481 e. The van der Waals surface area contributed by atoms with Crippen molar-refractivity contribution in [3.63, 3.8) is 0 Å². The molecule has 0 bridgehead atoms. The van der Waals surface area contributed by atoms with Crippen molar-refractivity contribution in [2.24, 2.45) is 0 Å². The fraction of sp³-hybridized carbons (Fsp3) is 0.462. The number of aromatic amines is 1. The number of rotatable bonds is 5. The van der Waals surface area contributed by atoms with E-state index in [2.05, 4.69) is 10.3 Å². The summed E-state index contributed by atoms with van der Waals surface area (Å²) in [5.41, 5.74) is 0.0811. The summed E-state index contributed by atoms with van der Waals surface area (Å²) >= 11 is 0.